The molecule has 2 aromatic heterocycles. The van der Waals surface area contributed by atoms with Crippen molar-refractivity contribution in [2.75, 3.05) is 18.8 Å². The minimum Gasteiger partial charge on any atom is -0.455 e. The smallest absolute Gasteiger partial charge is 0.410 e. The molecule has 1 aliphatic heterocycles. The van der Waals surface area contributed by atoms with Crippen molar-refractivity contribution >= 4 is 40.0 Å². The quantitative estimate of drug-likeness (QED) is 0.604. The van der Waals surface area contributed by atoms with Crippen LogP contribution in [0.25, 0.3) is 21.6 Å². The highest BCUT2D eigenvalue weighted by molar-refractivity contribution is 7.18. The average Bonchev–Trinajstić information content (AvgIpc) is 3.30. The van der Waals surface area contributed by atoms with Gasteiger partial charge in [-0.3, -0.25) is 4.79 Å². The average molecular weight is 442 g/mol. The number of hydrogen-bond donors (Lipinski definition) is 2. The minimum atomic E-state index is -0.550. The van der Waals surface area contributed by atoms with Crippen molar-refractivity contribution in [2.24, 2.45) is 0 Å². The first-order valence-corrected chi connectivity index (χ1v) is 11.2. The van der Waals surface area contributed by atoms with E-state index in [1.54, 1.807) is 11.0 Å². The van der Waals surface area contributed by atoms with Gasteiger partial charge in [-0.15, -0.1) is 11.3 Å². The largest absolute Gasteiger partial charge is 0.455 e. The van der Waals surface area contributed by atoms with E-state index in [0.717, 1.165) is 28.7 Å². The Hall–Kier alpha value is -3.00. The summed E-state index contributed by atoms with van der Waals surface area (Å²) in [5, 5.41) is 4.03. The number of rotatable bonds is 3. The number of nitrogen functional groups attached to an aromatic ring is 1. The van der Waals surface area contributed by atoms with Crippen molar-refractivity contribution in [3.63, 3.8) is 0 Å². The molecule has 3 N–H and O–H groups in total. The molecule has 0 bridgehead atoms. The maximum Gasteiger partial charge on any atom is 0.410 e. The number of ether oxygens (including phenoxy) is 1. The molecule has 0 saturated carbocycles. The summed E-state index contributed by atoms with van der Waals surface area (Å²) in [5.41, 5.74) is 6.80. The Balaban J connectivity index is 1.44. The number of benzene rings is 1. The van der Waals surface area contributed by atoms with E-state index < -0.39 is 5.60 Å². The molecule has 3 aromatic rings. The molecule has 0 unspecified atom stereocenters. The molecule has 7 nitrogen and oxygen atoms in total. The van der Waals surface area contributed by atoms with Gasteiger partial charge in [0.05, 0.1) is 10.6 Å². The number of thiophene rings is 1. The van der Waals surface area contributed by atoms with Crippen molar-refractivity contribution in [2.45, 2.75) is 45.3 Å². The number of piperidine rings is 1. The van der Waals surface area contributed by atoms with E-state index in [2.05, 4.69) is 5.32 Å². The monoisotopic (exact) mass is 441 g/mol. The molecule has 8 heteroatoms. The summed E-state index contributed by atoms with van der Waals surface area (Å²) in [5.74, 6) is 0.451. The summed E-state index contributed by atoms with van der Waals surface area (Å²) < 4.78 is 11.4. The van der Waals surface area contributed by atoms with Gasteiger partial charge in [-0.05, 0) is 51.8 Å². The molecule has 31 heavy (non-hydrogen) atoms. The lowest BCUT2D eigenvalue weighted by molar-refractivity contribution is 0.0186. The van der Waals surface area contributed by atoms with Gasteiger partial charge in [0, 0.05) is 24.5 Å². The van der Waals surface area contributed by atoms with Crippen LogP contribution < -0.4 is 11.1 Å². The molecule has 0 aliphatic carbocycles. The van der Waals surface area contributed by atoms with Crippen molar-refractivity contribution in [1.29, 1.82) is 0 Å². The summed E-state index contributed by atoms with van der Waals surface area (Å²) in [4.78, 5) is 28.2. The van der Waals surface area contributed by atoms with Crippen LogP contribution in [-0.2, 0) is 4.74 Å². The number of furan rings is 1. The number of carbonyl (C=O) groups excluding carboxylic acids is 2. The van der Waals surface area contributed by atoms with Crippen LogP contribution in [0.3, 0.4) is 0 Å². The molecule has 2 amide bonds. The molecule has 0 spiro atoms. The number of nitrogens with one attached hydrogen (secondary N) is 1. The molecule has 0 radical (unpaired) electrons. The fourth-order valence-corrected chi connectivity index (χ4v) is 4.58. The number of likely N-dealkylation sites (tertiary alicyclic amines) is 1. The highest BCUT2D eigenvalue weighted by Gasteiger charge is 2.29. The lowest BCUT2D eigenvalue weighted by atomic mass is 10.1. The van der Waals surface area contributed by atoms with E-state index in [9.17, 15) is 9.59 Å². The predicted octanol–water partition coefficient (Wildman–Crippen LogP) is 4.87. The Labute approximate surface area is 185 Å². The standard InChI is InChI=1S/C23H27N3O4S/c1-23(2,3)30-22(28)26-10-6-8-15(13-26)25-21(27)20-16(24)12-19(31-20)18-11-14-7-4-5-9-17(14)29-18/h4-5,7,9,11-12,15H,6,8,10,13,24H2,1-3H3,(H,25,27)/t15-/m0/s1. The zero-order valence-electron chi connectivity index (χ0n) is 17.9. The number of amides is 2. The third-order valence-electron chi connectivity index (χ3n) is 5.04. The minimum absolute atomic E-state index is 0.148. The molecule has 164 valence electrons. The fraction of sp³-hybridized carbons (Fsp3) is 0.391. The van der Waals surface area contributed by atoms with E-state index in [1.807, 2.05) is 51.1 Å². The van der Waals surface area contributed by atoms with Crippen molar-refractivity contribution in [3.8, 4) is 10.6 Å². The summed E-state index contributed by atoms with van der Waals surface area (Å²) in [7, 11) is 0. The Kier molecular flexibility index (Phi) is 5.66. The van der Waals surface area contributed by atoms with Gasteiger partial charge in [0.2, 0.25) is 0 Å². The van der Waals surface area contributed by atoms with Gasteiger partial charge < -0.3 is 25.1 Å². The van der Waals surface area contributed by atoms with Gasteiger partial charge >= 0.3 is 6.09 Å². The van der Waals surface area contributed by atoms with Crippen LogP contribution in [0.5, 0.6) is 0 Å². The van der Waals surface area contributed by atoms with Crippen molar-refractivity contribution in [3.05, 3.63) is 41.3 Å². The molecular formula is C23H27N3O4S. The van der Waals surface area contributed by atoms with E-state index in [-0.39, 0.29) is 18.0 Å². The second kappa shape index (κ2) is 8.26. The molecule has 1 saturated heterocycles. The van der Waals surface area contributed by atoms with Crippen molar-refractivity contribution < 1.29 is 18.7 Å². The van der Waals surface area contributed by atoms with Crippen LogP contribution in [0, 0.1) is 0 Å². The van der Waals surface area contributed by atoms with Crippen LogP contribution in [0.2, 0.25) is 0 Å². The van der Waals surface area contributed by atoms with E-state index in [1.165, 1.54) is 11.3 Å². The van der Waals surface area contributed by atoms with Gasteiger partial charge in [0.1, 0.15) is 21.8 Å². The first-order valence-electron chi connectivity index (χ1n) is 10.4. The highest BCUT2D eigenvalue weighted by atomic mass is 32.1. The first kappa shape index (κ1) is 21.2. The third kappa shape index (κ3) is 4.85. The van der Waals surface area contributed by atoms with Crippen LogP contribution in [0.1, 0.15) is 43.3 Å². The Morgan fingerprint density at radius 2 is 2.03 bits per heavy atom. The van der Waals surface area contributed by atoms with Gasteiger partial charge in [0.25, 0.3) is 5.91 Å². The van der Waals surface area contributed by atoms with Crippen LogP contribution in [0.4, 0.5) is 10.5 Å². The van der Waals surface area contributed by atoms with E-state index in [4.69, 9.17) is 14.9 Å². The second-order valence-electron chi connectivity index (χ2n) is 8.78. The zero-order chi connectivity index (χ0) is 22.2. The number of nitrogens with two attached hydrogens (primary N) is 1. The SMILES string of the molecule is CC(C)(C)OC(=O)N1CCC[C@H](NC(=O)c2sc(-c3cc4ccccc4o3)cc2N)C1. The lowest BCUT2D eigenvalue weighted by Gasteiger charge is -2.34. The molecule has 4 rings (SSSR count). The number of hydrogen-bond acceptors (Lipinski definition) is 6. The second-order valence-corrected chi connectivity index (χ2v) is 9.83. The Bertz CT molecular complexity index is 1080. The lowest BCUT2D eigenvalue weighted by Crippen LogP contribution is -2.50. The molecule has 1 fully saturated rings. The van der Waals surface area contributed by atoms with Gasteiger partial charge in [-0.2, -0.15) is 0 Å². The Morgan fingerprint density at radius 1 is 1.26 bits per heavy atom. The van der Waals surface area contributed by atoms with Gasteiger partial charge in [-0.25, -0.2) is 4.79 Å². The normalized spacial score (nSPS) is 17.0. The van der Waals surface area contributed by atoms with Crippen LogP contribution >= 0.6 is 11.3 Å². The number of fused-ring (bicyclic) bond motifs is 1. The first-order chi connectivity index (χ1) is 14.7. The third-order valence-corrected chi connectivity index (χ3v) is 6.21. The van der Waals surface area contributed by atoms with E-state index >= 15 is 0 Å². The van der Waals surface area contributed by atoms with Crippen LogP contribution in [-0.4, -0.2) is 41.6 Å². The summed E-state index contributed by atoms with van der Waals surface area (Å²) in [6.45, 7) is 6.56. The molecule has 1 atom stereocenters. The van der Waals surface area contributed by atoms with Gasteiger partial charge in [0.15, 0.2) is 0 Å². The summed E-state index contributed by atoms with van der Waals surface area (Å²) >= 11 is 1.30. The number of nitrogens with zero attached hydrogens (tertiary/aromatic N) is 1. The maximum atomic E-state index is 12.9. The Morgan fingerprint density at radius 3 is 2.77 bits per heavy atom. The summed E-state index contributed by atoms with van der Waals surface area (Å²) in [6, 6.07) is 11.3. The predicted molar refractivity (Wildman–Crippen MR) is 122 cm³/mol. The van der Waals surface area contributed by atoms with E-state index in [0.29, 0.717) is 29.4 Å². The van der Waals surface area contributed by atoms with Crippen LogP contribution in [0.15, 0.2) is 40.8 Å². The highest BCUT2D eigenvalue weighted by Crippen LogP contribution is 2.36. The zero-order valence-corrected chi connectivity index (χ0v) is 18.8. The topological polar surface area (TPSA) is 97.8 Å². The number of carbonyl (C=O) groups is 2. The number of para-hydroxylation sites is 1. The van der Waals surface area contributed by atoms with Gasteiger partial charge in [-0.1, -0.05) is 18.2 Å². The van der Waals surface area contributed by atoms with Crippen molar-refractivity contribution in [1.82, 2.24) is 10.2 Å². The number of anilines is 1. The molecule has 3 heterocycles. The fourth-order valence-electron chi connectivity index (χ4n) is 3.65. The maximum absolute atomic E-state index is 12.9. The molecule has 1 aromatic carbocycles. The molecule has 1 aliphatic rings. The molecular weight excluding hydrogens is 414 g/mol. The summed E-state index contributed by atoms with van der Waals surface area (Å²) in [6.07, 6.45) is 1.25.